The van der Waals surface area contributed by atoms with Crippen molar-refractivity contribution >= 4 is 29.2 Å². The molecular formula is C12H10Cl2O2. The highest BCUT2D eigenvalue weighted by Gasteiger charge is 2.40. The van der Waals surface area contributed by atoms with Gasteiger partial charge < -0.3 is 5.11 Å². The first-order valence-corrected chi connectivity index (χ1v) is 5.66. The number of halogens is 2. The smallest absolute Gasteiger partial charge is 0.314 e. The number of carbonyl (C=O) groups is 1. The van der Waals surface area contributed by atoms with Crippen molar-refractivity contribution in [2.24, 2.45) is 0 Å². The maximum absolute atomic E-state index is 11.4. The van der Waals surface area contributed by atoms with E-state index in [1.165, 1.54) is 0 Å². The molecule has 0 spiro atoms. The summed E-state index contributed by atoms with van der Waals surface area (Å²) in [5.74, 6) is -0.823. The van der Waals surface area contributed by atoms with E-state index in [9.17, 15) is 9.90 Å². The first-order chi connectivity index (χ1) is 7.56. The van der Waals surface area contributed by atoms with Crippen molar-refractivity contribution in [1.82, 2.24) is 0 Å². The summed E-state index contributed by atoms with van der Waals surface area (Å²) in [7, 11) is 0. The van der Waals surface area contributed by atoms with Crippen molar-refractivity contribution in [3.8, 4) is 0 Å². The molecular weight excluding hydrogens is 247 g/mol. The number of rotatable bonds is 2. The van der Waals surface area contributed by atoms with E-state index in [0.717, 1.165) is 0 Å². The summed E-state index contributed by atoms with van der Waals surface area (Å²) in [4.78, 5) is 11.4. The van der Waals surface area contributed by atoms with Crippen LogP contribution >= 0.6 is 23.2 Å². The number of carboxylic acids is 1. The van der Waals surface area contributed by atoms with Crippen molar-refractivity contribution in [2.75, 3.05) is 0 Å². The fourth-order valence-corrected chi connectivity index (χ4v) is 2.28. The third-order valence-corrected chi connectivity index (χ3v) is 3.72. The number of hydrogen-bond donors (Lipinski definition) is 1. The molecule has 0 bridgehead atoms. The van der Waals surface area contributed by atoms with Gasteiger partial charge in [-0.3, -0.25) is 4.79 Å². The molecule has 2 rings (SSSR count). The predicted molar refractivity (Wildman–Crippen MR) is 64.1 cm³/mol. The van der Waals surface area contributed by atoms with E-state index >= 15 is 0 Å². The highest BCUT2D eigenvalue weighted by Crippen LogP contribution is 2.39. The van der Waals surface area contributed by atoms with Crippen LogP contribution < -0.4 is 0 Å². The molecule has 1 N–H and O–H groups in total. The Bertz CT molecular complexity index is 458. The lowest BCUT2D eigenvalue weighted by molar-refractivity contribution is -0.143. The molecule has 1 aliphatic rings. The summed E-state index contributed by atoms with van der Waals surface area (Å²) in [6.45, 7) is 0. The second-order valence-corrected chi connectivity index (χ2v) is 4.71. The quantitative estimate of drug-likeness (QED) is 0.821. The highest BCUT2D eigenvalue weighted by atomic mass is 35.5. The fraction of sp³-hybridized carbons (Fsp3) is 0.250. The Morgan fingerprint density at radius 3 is 2.31 bits per heavy atom. The van der Waals surface area contributed by atoms with Crippen LogP contribution in [-0.4, -0.2) is 11.1 Å². The minimum absolute atomic E-state index is 0.395. The Morgan fingerprint density at radius 1 is 1.19 bits per heavy atom. The monoisotopic (exact) mass is 256 g/mol. The van der Waals surface area contributed by atoms with E-state index in [4.69, 9.17) is 23.2 Å². The van der Waals surface area contributed by atoms with Gasteiger partial charge in [0.25, 0.3) is 0 Å². The van der Waals surface area contributed by atoms with Gasteiger partial charge in [-0.05, 0) is 30.5 Å². The molecule has 4 heteroatoms. The van der Waals surface area contributed by atoms with Gasteiger partial charge in [0.15, 0.2) is 0 Å². The van der Waals surface area contributed by atoms with Crippen LogP contribution in [0, 0.1) is 0 Å². The average Bonchev–Trinajstić information content (AvgIpc) is 2.72. The fourth-order valence-electron chi connectivity index (χ4n) is 1.98. The molecule has 2 nitrogen and oxygen atoms in total. The number of carboxylic acid groups (broad SMARTS) is 1. The summed E-state index contributed by atoms with van der Waals surface area (Å²) < 4.78 is 0. The van der Waals surface area contributed by atoms with Crippen molar-refractivity contribution in [3.05, 3.63) is 46.0 Å². The molecule has 0 aromatic heterocycles. The van der Waals surface area contributed by atoms with Gasteiger partial charge in [0.05, 0.1) is 15.5 Å². The second-order valence-electron chi connectivity index (χ2n) is 3.90. The SMILES string of the molecule is O=C(O)C1(c2ccc(Cl)c(Cl)c2)CC=CC1. The molecule has 0 radical (unpaired) electrons. The van der Waals surface area contributed by atoms with Gasteiger partial charge in [-0.15, -0.1) is 0 Å². The normalized spacial score (nSPS) is 17.6. The van der Waals surface area contributed by atoms with Gasteiger partial charge in [-0.25, -0.2) is 0 Å². The molecule has 0 unspecified atom stereocenters. The van der Waals surface area contributed by atoms with Crippen molar-refractivity contribution in [2.45, 2.75) is 18.3 Å². The predicted octanol–water partition coefficient (Wildman–Crippen LogP) is 3.67. The molecule has 0 heterocycles. The Hall–Kier alpha value is -0.990. The Kier molecular flexibility index (Phi) is 2.96. The minimum Gasteiger partial charge on any atom is -0.481 e. The van der Waals surface area contributed by atoms with Crippen LogP contribution in [-0.2, 0) is 10.2 Å². The van der Waals surface area contributed by atoms with Gasteiger partial charge in [0.1, 0.15) is 0 Å². The Labute approximate surface area is 103 Å². The number of benzene rings is 1. The third kappa shape index (κ3) is 1.72. The molecule has 1 aromatic rings. The molecule has 16 heavy (non-hydrogen) atoms. The largest absolute Gasteiger partial charge is 0.481 e. The zero-order valence-corrected chi connectivity index (χ0v) is 9.92. The van der Waals surface area contributed by atoms with Crippen LogP contribution in [0.25, 0.3) is 0 Å². The lowest BCUT2D eigenvalue weighted by Gasteiger charge is -2.24. The summed E-state index contributed by atoms with van der Waals surface area (Å²) in [6, 6.07) is 5.02. The van der Waals surface area contributed by atoms with E-state index < -0.39 is 11.4 Å². The summed E-state index contributed by atoms with van der Waals surface area (Å²) in [6.07, 6.45) is 4.77. The van der Waals surface area contributed by atoms with Gasteiger partial charge in [0.2, 0.25) is 0 Å². The lowest BCUT2D eigenvalue weighted by Crippen LogP contribution is -2.32. The summed E-state index contributed by atoms with van der Waals surface area (Å²) in [5.41, 5.74) is -0.159. The van der Waals surface area contributed by atoms with Crippen LogP contribution in [0.3, 0.4) is 0 Å². The molecule has 1 aliphatic carbocycles. The molecule has 0 saturated heterocycles. The van der Waals surface area contributed by atoms with Crippen LogP contribution in [0.4, 0.5) is 0 Å². The van der Waals surface area contributed by atoms with Crippen molar-refractivity contribution in [1.29, 1.82) is 0 Å². The van der Waals surface area contributed by atoms with Crippen LogP contribution in [0.1, 0.15) is 18.4 Å². The van der Waals surface area contributed by atoms with E-state index in [0.29, 0.717) is 28.5 Å². The Morgan fingerprint density at radius 2 is 1.81 bits per heavy atom. The molecule has 0 atom stereocenters. The standard InChI is InChI=1S/C12H10Cl2O2/c13-9-4-3-8(7-10(9)14)12(11(15)16)5-1-2-6-12/h1-4,7H,5-6H2,(H,15,16). The van der Waals surface area contributed by atoms with E-state index in [1.807, 2.05) is 12.2 Å². The van der Waals surface area contributed by atoms with E-state index in [1.54, 1.807) is 18.2 Å². The lowest BCUT2D eigenvalue weighted by atomic mass is 9.78. The first kappa shape index (κ1) is 11.5. The zero-order valence-electron chi connectivity index (χ0n) is 8.41. The number of hydrogen-bond acceptors (Lipinski definition) is 1. The van der Waals surface area contributed by atoms with Gasteiger partial charge >= 0.3 is 5.97 Å². The minimum atomic E-state index is -0.867. The van der Waals surface area contributed by atoms with Crippen molar-refractivity contribution < 1.29 is 9.90 Å². The second kappa shape index (κ2) is 4.11. The molecule has 0 fully saturated rings. The van der Waals surface area contributed by atoms with Crippen LogP contribution in [0.5, 0.6) is 0 Å². The maximum Gasteiger partial charge on any atom is 0.314 e. The average molecular weight is 257 g/mol. The third-order valence-electron chi connectivity index (χ3n) is 2.98. The van der Waals surface area contributed by atoms with Gasteiger partial charge in [-0.2, -0.15) is 0 Å². The van der Waals surface area contributed by atoms with E-state index in [2.05, 4.69) is 0 Å². The summed E-state index contributed by atoms with van der Waals surface area (Å²) in [5, 5.41) is 10.2. The van der Waals surface area contributed by atoms with Crippen LogP contribution in [0.2, 0.25) is 10.0 Å². The Balaban J connectivity index is 2.48. The van der Waals surface area contributed by atoms with Gasteiger partial charge in [0, 0.05) is 0 Å². The molecule has 0 amide bonds. The number of allylic oxidation sites excluding steroid dienone is 2. The number of aliphatic carboxylic acids is 1. The molecule has 0 aliphatic heterocycles. The van der Waals surface area contributed by atoms with E-state index in [-0.39, 0.29) is 0 Å². The molecule has 84 valence electrons. The first-order valence-electron chi connectivity index (χ1n) is 4.90. The zero-order chi connectivity index (χ0) is 11.8. The maximum atomic E-state index is 11.4. The van der Waals surface area contributed by atoms with Gasteiger partial charge in [-0.1, -0.05) is 41.4 Å². The summed E-state index contributed by atoms with van der Waals surface area (Å²) >= 11 is 11.7. The van der Waals surface area contributed by atoms with Crippen LogP contribution in [0.15, 0.2) is 30.4 Å². The molecule has 0 saturated carbocycles. The molecule has 1 aromatic carbocycles. The highest BCUT2D eigenvalue weighted by molar-refractivity contribution is 6.42. The topological polar surface area (TPSA) is 37.3 Å². The van der Waals surface area contributed by atoms with Crippen molar-refractivity contribution in [3.63, 3.8) is 0 Å².